The Morgan fingerprint density at radius 1 is 0.714 bits per heavy atom. The Bertz CT molecular complexity index is 958. The fourth-order valence-electron chi connectivity index (χ4n) is 6.57. The molecule has 3 nitrogen and oxygen atoms in total. The van der Waals surface area contributed by atoms with Crippen molar-refractivity contribution < 1.29 is 0 Å². The lowest BCUT2D eigenvalue weighted by Crippen LogP contribution is -2.46. The Kier molecular flexibility index (Phi) is 3.72. The van der Waals surface area contributed by atoms with E-state index in [0.29, 0.717) is 6.04 Å². The number of aryl methyl sites for hydroxylation is 1. The van der Waals surface area contributed by atoms with Crippen molar-refractivity contribution in [1.29, 1.82) is 0 Å². The Morgan fingerprint density at radius 2 is 1.29 bits per heavy atom. The van der Waals surface area contributed by atoms with Gasteiger partial charge in [0, 0.05) is 5.56 Å². The van der Waals surface area contributed by atoms with Gasteiger partial charge in [-0.15, -0.1) is 0 Å². The van der Waals surface area contributed by atoms with Crippen molar-refractivity contribution in [1.82, 2.24) is 14.8 Å². The van der Waals surface area contributed by atoms with E-state index in [1.807, 2.05) is 6.92 Å². The van der Waals surface area contributed by atoms with Crippen molar-refractivity contribution in [3.63, 3.8) is 0 Å². The van der Waals surface area contributed by atoms with Crippen molar-refractivity contribution >= 4 is 0 Å². The molecular weight excluding hydrogens is 342 g/mol. The molecule has 0 amide bonds. The van der Waals surface area contributed by atoms with Gasteiger partial charge < -0.3 is 0 Å². The van der Waals surface area contributed by atoms with Gasteiger partial charge in [-0.1, -0.05) is 54.6 Å². The lowest BCUT2D eigenvalue weighted by molar-refractivity contribution is -0.0331. The molecule has 0 aliphatic heterocycles. The maximum atomic E-state index is 4.92. The molecule has 7 rings (SSSR count). The topological polar surface area (TPSA) is 30.7 Å². The van der Waals surface area contributed by atoms with Gasteiger partial charge in [0.25, 0.3) is 0 Å². The first-order valence-corrected chi connectivity index (χ1v) is 10.8. The zero-order chi connectivity index (χ0) is 18.7. The van der Waals surface area contributed by atoms with Gasteiger partial charge in [0.05, 0.1) is 6.04 Å². The molecule has 1 heterocycles. The van der Waals surface area contributed by atoms with Crippen LogP contribution in [0.15, 0.2) is 54.6 Å². The number of rotatable bonds is 3. The SMILES string of the molecule is Cc1nc(-c2ccc(-c3ccccc3)cc2)n(C2C3CC4CC(C3)CC2C4)n1. The van der Waals surface area contributed by atoms with Crippen LogP contribution in [0.2, 0.25) is 0 Å². The van der Waals surface area contributed by atoms with Gasteiger partial charge in [-0.2, -0.15) is 5.10 Å². The maximum absolute atomic E-state index is 4.92. The van der Waals surface area contributed by atoms with Crippen LogP contribution in [0.5, 0.6) is 0 Å². The van der Waals surface area contributed by atoms with Gasteiger partial charge in [0.2, 0.25) is 0 Å². The van der Waals surface area contributed by atoms with Crippen molar-refractivity contribution in [3.05, 3.63) is 60.4 Å². The van der Waals surface area contributed by atoms with Crippen LogP contribution in [0.1, 0.15) is 44.0 Å². The van der Waals surface area contributed by atoms with Gasteiger partial charge in [-0.25, -0.2) is 9.67 Å². The second-order valence-electron chi connectivity index (χ2n) is 9.29. The van der Waals surface area contributed by atoms with Crippen LogP contribution in [0.3, 0.4) is 0 Å². The fourth-order valence-corrected chi connectivity index (χ4v) is 6.57. The average Bonchev–Trinajstić information content (AvgIpc) is 3.09. The van der Waals surface area contributed by atoms with E-state index in [-0.39, 0.29) is 0 Å². The Hall–Kier alpha value is -2.42. The molecule has 0 spiro atoms. The van der Waals surface area contributed by atoms with Gasteiger partial charge >= 0.3 is 0 Å². The molecule has 28 heavy (non-hydrogen) atoms. The molecule has 4 saturated carbocycles. The minimum Gasteiger partial charge on any atom is -0.242 e. The summed E-state index contributed by atoms with van der Waals surface area (Å²) in [5.41, 5.74) is 3.70. The van der Waals surface area contributed by atoms with Crippen molar-refractivity contribution in [2.45, 2.75) is 45.1 Å². The molecule has 0 atom stereocenters. The standard InChI is InChI=1S/C25H27N3/c1-16-26-25(21-9-7-20(8-10-21)19-5-3-2-4-6-19)28(27-16)24-22-12-17-11-18(14-22)15-23(24)13-17/h2-10,17-18,22-24H,11-15H2,1H3. The van der Waals surface area contributed by atoms with E-state index in [1.165, 1.54) is 48.8 Å². The summed E-state index contributed by atoms with van der Waals surface area (Å²) < 4.78 is 2.32. The van der Waals surface area contributed by atoms with Gasteiger partial charge in [0.15, 0.2) is 5.82 Å². The molecule has 2 aromatic carbocycles. The molecule has 4 fully saturated rings. The van der Waals surface area contributed by atoms with Crippen LogP contribution in [0, 0.1) is 30.6 Å². The van der Waals surface area contributed by atoms with Gasteiger partial charge in [0.1, 0.15) is 5.82 Å². The third-order valence-electron chi connectivity index (χ3n) is 7.45. The lowest BCUT2D eigenvalue weighted by atomic mass is 9.54. The fraction of sp³-hybridized carbons (Fsp3) is 0.440. The zero-order valence-corrected chi connectivity index (χ0v) is 16.5. The Labute approximate surface area is 166 Å². The van der Waals surface area contributed by atoms with E-state index >= 15 is 0 Å². The van der Waals surface area contributed by atoms with E-state index in [9.17, 15) is 0 Å². The quantitative estimate of drug-likeness (QED) is 0.574. The largest absolute Gasteiger partial charge is 0.242 e. The first-order chi connectivity index (χ1) is 13.7. The lowest BCUT2D eigenvalue weighted by Gasteiger charge is -2.54. The van der Waals surface area contributed by atoms with E-state index < -0.39 is 0 Å². The van der Waals surface area contributed by atoms with Crippen LogP contribution >= 0.6 is 0 Å². The summed E-state index contributed by atoms with van der Waals surface area (Å²) in [6, 6.07) is 20.0. The van der Waals surface area contributed by atoms with E-state index in [4.69, 9.17) is 10.1 Å². The smallest absolute Gasteiger partial charge is 0.158 e. The van der Waals surface area contributed by atoms with Gasteiger partial charge in [-0.05, 0) is 73.8 Å². The second-order valence-corrected chi connectivity index (χ2v) is 9.29. The van der Waals surface area contributed by atoms with Gasteiger partial charge in [-0.3, -0.25) is 0 Å². The summed E-state index contributed by atoms with van der Waals surface area (Å²) in [6.45, 7) is 2.04. The number of aromatic nitrogens is 3. The Balaban J connectivity index is 1.36. The van der Waals surface area contributed by atoms with Crippen molar-refractivity contribution in [3.8, 4) is 22.5 Å². The first kappa shape index (κ1) is 16.5. The third kappa shape index (κ3) is 2.63. The monoisotopic (exact) mass is 369 g/mol. The second kappa shape index (κ2) is 6.30. The molecule has 4 bridgehead atoms. The first-order valence-electron chi connectivity index (χ1n) is 10.8. The number of hydrogen-bond acceptors (Lipinski definition) is 2. The molecule has 0 unspecified atom stereocenters. The third-order valence-corrected chi connectivity index (χ3v) is 7.45. The molecule has 0 saturated heterocycles. The highest BCUT2D eigenvalue weighted by Gasteiger charge is 2.49. The summed E-state index contributed by atoms with van der Waals surface area (Å²) in [4.78, 5) is 4.87. The molecule has 1 aromatic heterocycles. The minimum atomic E-state index is 0.554. The summed E-state index contributed by atoms with van der Waals surface area (Å²) in [5, 5.41) is 4.92. The molecule has 3 aromatic rings. The van der Waals surface area contributed by atoms with Crippen molar-refractivity contribution in [2.75, 3.05) is 0 Å². The van der Waals surface area contributed by atoms with Crippen LogP contribution in [-0.2, 0) is 0 Å². The highest BCUT2D eigenvalue weighted by molar-refractivity contribution is 5.67. The number of benzene rings is 2. The molecule has 142 valence electrons. The minimum absolute atomic E-state index is 0.554. The number of nitrogens with zero attached hydrogens (tertiary/aromatic N) is 3. The zero-order valence-electron chi connectivity index (χ0n) is 16.5. The molecule has 0 N–H and O–H groups in total. The predicted octanol–water partition coefficient (Wildman–Crippen LogP) is 5.92. The van der Waals surface area contributed by atoms with Crippen molar-refractivity contribution in [2.24, 2.45) is 23.7 Å². The molecule has 3 heteroatoms. The van der Waals surface area contributed by atoms with E-state index in [0.717, 1.165) is 35.3 Å². The molecular formula is C25H27N3. The highest BCUT2D eigenvalue weighted by atomic mass is 15.4. The normalized spacial score (nSPS) is 30.7. The van der Waals surface area contributed by atoms with Crippen LogP contribution in [0.4, 0.5) is 0 Å². The van der Waals surface area contributed by atoms with E-state index in [1.54, 1.807) is 0 Å². The van der Waals surface area contributed by atoms with Crippen LogP contribution < -0.4 is 0 Å². The average molecular weight is 370 g/mol. The highest BCUT2D eigenvalue weighted by Crippen LogP contribution is 2.58. The number of hydrogen-bond donors (Lipinski definition) is 0. The Morgan fingerprint density at radius 3 is 1.93 bits per heavy atom. The maximum Gasteiger partial charge on any atom is 0.158 e. The summed E-state index contributed by atoms with van der Waals surface area (Å²) in [5.74, 6) is 5.54. The van der Waals surface area contributed by atoms with E-state index in [2.05, 4.69) is 59.3 Å². The summed E-state index contributed by atoms with van der Waals surface area (Å²) in [6.07, 6.45) is 7.11. The predicted molar refractivity (Wildman–Crippen MR) is 112 cm³/mol. The summed E-state index contributed by atoms with van der Waals surface area (Å²) >= 11 is 0. The van der Waals surface area contributed by atoms with Crippen LogP contribution in [0.25, 0.3) is 22.5 Å². The molecule has 0 radical (unpaired) electrons. The molecule has 4 aliphatic carbocycles. The summed E-state index contributed by atoms with van der Waals surface area (Å²) in [7, 11) is 0. The molecule has 4 aliphatic rings. The van der Waals surface area contributed by atoms with Crippen LogP contribution in [-0.4, -0.2) is 14.8 Å².